The third kappa shape index (κ3) is 5.04. The quantitative estimate of drug-likeness (QED) is 0.514. The van der Waals surface area contributed by atoms with E-state index in [1.54, 1.807) is 6.20 Å². The van der Waals surface area contributed by atoms with Crippen molar-refractivity contribution >= 4 is 40.4 Å². The van der Waals surface area contributed by atoms with E-state index < -0.39 is 0 Å². The first-order valence-electron chi connectivity index (χ1n) is 12.1. The van der Waals surface area contributed by atoms with Crippen molar-refractivity contribution < 1.29 is 9.59 Å². The molecule has 2 fully saturated rings. The summed E-state index contributed by atoms with van der Waals surface area (Å²) in [5, 5.41) is 1.11. The van der Waals surface area contributed by atoms with Gasteiger partial charge >= 0.3 is 0 Å². The third-order valence-electron chi connectivity index (χ3n) is 6.84. The first kappa shape index (κ1) is 22.7. The standard InChI is InChI=1S/C27H30N4O2S/c32-26(21-6-2-1-3-7-21)30-16-18-31(19-17-30)27(33)22-11-13-23(14-12-22)29-34-24-10-4-8-20-9-5-15-28-25(20)24/h4-5,8-15,21,29H,1-3,6-7,16-19H2. The molecule has 0 unspecified atom stereocenters. The van der Waals surface area contributed by atoms with E-state index in [4.69, 9.17) is 0 Å². The minimum absolute atomic E-state index is 0.0298. The number of para-hydroxylation sites is 1. The van der Waals surface area contributed by atoms with Crippen LogP contribution in [0.4, 0.5) is 5.69 Å². The molecule has 0 spiro atoms. The number of hydrogen-bond acceptors (Lipinski definition) is 5. The van der Waals surface area contributed by atoms with Crippen LogP contribution in [-0.4, -0.2) is 52.8 Å². The van der Waals surface area contributed by atoms with Crippen LogP contribution in [0.25, 0.3) is 10.9 Å². The Morgan fingerprint density at radius 2 is 1.56 bits per heavy atom. The predicted octanol–water partition coefficient (Wildman–Crippen LogP) is 5.22. The number of fused-ring (bicyclic) bond motifs is 1. The van der Waals surface area contributed by atoms with Crippen LogP contribution in [0.2, 0.25) is 0 Å². The Morgan fingerprint density at radius 1 is 0.853 bits per heavy atom. The van der Waals surface area contributed by atoms with Gasteiger partial charge in [0.1, 0.15) is 0 Å². The van der Waals surface area contributed by atoms with Crippen molar-refractivity contribution in [1.82, 2.24) is 14.8 Å². The monoisotopic (exact) mass is 474 g/mol. The molecule has 1 aromatic heterocycles. The van der Waals surface area contributed by atoms with E-state index in [0.29, 0.717) is 37.6 Å². The van der Waals surface area contributed by atoms with Crippen LogP contribution >= 0.6 is 11.9 Å². The lowest BCUT2D eigenvalue weighted by atomic mass is 9.88. The van der Waals surface area contributed by atoms with Crippen LogP contribution in [0.15, 0.2) is 65.7 Å². The smallest absolute Gasteiger partial charge is 0.253 e. The van der Waals surface area contributed by atoms with Gasteiger partial charge in [0.2, 0.25) is 5.91 Å². The normalized spacial score (nSPS) is 17.1. The van der Waals surface area contributed by atoms with E-state index in [2.05, 4.69) is 21.8 Å². The fourth-order valence-corrected chi connectivity index (χ4v) is 5.65. The van der Waals surface area contributed by atoms with Crippen molar-refractivity contribution in [2.75, 3.05) is 30.9 Å². The molecule has 2 amide bonds. The maximum absolute atomic E-state index is 13.0. The summed E-state index contributed by atoms with van der Waals surface area (Å²) in [4.78, 5) is 35.2. The SMILES string of the molecule is O=C(c1ccc(NSc2cccc3cccnc23)cc1)N1CCN(C(=O)C2CCCCC2)CC1. The number of piperazine rings is 1. The second-order valence-corrected chi connectivity index (χ2v) is 9.91. The van der Waals surface area contributed by atoms with Gasteiger partial charge in [-0.05, 0) is 61.2 Å². The largest absolute Gasteiger partial charge is 0.339 e. The lowest BCUT2D eigenvalue weighted by molar-refractivity contribution is -0.138. The van der Waals surface area contributed by atoms with Crippen molar-refractivity contribution in [3.63, 3.8) is 0 Å². The molecular formula is C27H30N4O2S. The van der Waals surface area contributed by atoms with Crippen molar-refractivity contribution in [3.05, 3.63) is 66.4 Å². The zero-order chi connectivity index (χ0) is 23.3. The lowest BCUT2D eigenvalue weighted by Gasteiger charge is -2.37. The summed E-state index contributed by atoms with van der Waals surface area (Å²) in [6, 6.07) is 17.7. The number of hydrogen-bond donors (Lipinski definition) is 1. The highest BCUT2D eigenvalue weighted by atomic mass is 32.2. The van der Waals surface area contributed by atoms with Crippen LogP contribution in [0.3, 0.4) is 0 Å². The topological polar surface area (TPSA) is 65.5 Å². The highest BCUT2D eigenvalue weighted by molar-refractivity contribution is 8.00. The molecule has 176 valence electrons. The first-order chi connectivity index (χ1) is 16.7. The van der Waals surface area contributed by atoms with Gasteiger partial charge < -0.3 is 14.5 Å². The second kappa shape index (κ2) is 10.5. The Bertz CT molecular complexity index is 1150. The third-order valence-corrected chi connectivity index (χ3v) is 7.73. The van der Waals surface area contributed by atoms with Crippen LogP contribution in [0, 0.1) is 5.92 Å². The molecule has 1 saturated heterocycles. The van der Waals surface area contributed by atoms with E-state index in [1.165, 1.54) is 18.4 Å². The molecule has 7 heteroatoms. The maximum Gasteiger partial charge on any atom is 0.253 e. The van der Waals surface area contributed by atoms with E-state index in [9.17, 15) is 9.59 Å². The molecule has 2 aromatic carbocycles. The van der Waals surface area contributed by atoms with E-state index >= 15 is 0 Å². The minimum atomic E-state index is 0.0298. The number of nitrogens with one attached hydrogen (secondary N) is 1. The summed E-state index contributed by atoms with van der Waals surface area (Å²) in [5.74, 6) is 0.516. The molecule has 1 aliphatic carbocycles. The molecule has 1 aliphatic heterocycles. The highest BCUT2D eigenvalue weighted by Crippen LogP contribution is 2.28. The molecule has 2 heterocycles. The van der Waals surface area contributed by atoms with Crippen LogP contribution in [0.1, 0.15) is 42.5 Å². The maximum atomic E-state index is 13.0. The number of aromatic nitrogens is 1. The van der Waals surface area contributed by atoms with Crippen LogP contribution in [0.5, 0.6) is 0 Å². The highest BCUT2D eigenvalue weighted by Gasteiger charge is 2.29. The summed E-state index contributed by atoms with van der Waals surface area (Å²) in [7, 11) is 0. The van der Waals surface area contributed by atoms with Crippen LogP contribution < -0.4 is 4.72 Å². The van der Waals surface area contributed by atoms with Gasteiger partial charge in [-0.3, -0.25) is 14.6 Å². The fourth-order valence-electron chi connectivity index (χ4n) is 4.87. The molecule has 5 rings (SSSR count). The molecule has 1 N–H and O–H groups in total. The number of nitrogens with zero attached hydrogens (tertiary/aromatic N) is 3. The van der Waals surface area contributed by atoms with Gasteiger partial charge in [0, 0.05) is 54.9 Å². The number of anilines is 1. The number of carbonyl (C=O) groups excluding carboxylic acids is 2. The van der Waals surface area contributed by atoms with Crippen molar-refractivity contribution in [3.8, 4) is 0 Å². The van der Waals surface area contributed by atoms with Gasteiger partial charge in [-0.25, -0.2) is 0 Å². The van der Waals surface area contributed by atoms with Gasteiger partial charge in [-0.1, -0.05) is 37.5 Å². The second-order valence-electron chi connectivity index (χ2n) is 9.07. The average molecular weight is 475 g/mol. The molecule has 1 saturated carbocycles. The number of carbonyl (C=O) groups is 2. The van der Waals surface area contributed by atoms with Crippen molar-refractivity contribution in [2.45, 2.75) is 37.0 Å². The minimum Gasteiger partial charge on any atom is -0.339 e. The van der Waals surface area contributed by atoms with Crippen molar-refractivity contribution in [2.24, 2.45) is 5.92 Å². The molecule has 0 atom stereocenters. The number of pyridine rings is 1. The zero-order valence-corrected chi connectivity index (χ0v) is 20.1. The number of amides is 2. The average Bonchev–Trinajstić information content (AvgIpc) is 2.92. The molecule has 3 aromatic rings. The van der Waals surface area contributed by atoms with E-state index in [1.807, 2.05) is 52.3 Å². The van der Waals surface area contributed by atoms with Gasteiger partial charge in [0.15, 0.2) is 0 Å². The molecule has 0 bridgehead atoms. The zero-order valence-electron chi connectivity index (χ0n) is 19.3. The first-order valence-corrected chi connectivity index (χ1v) is 13.0. The predicted molar refractivity (Wildman–Crippen MR) is 137 cm³/mol. The Kier molecular flexibility index (Phi) is 7.00. The Morgan fingerprint density at radius 3 is 2.32 bits per heavy atom. The Labute approximate surface area is 204 Å². The molecule has 6 nitrogen and oxygen atoms in total. The summed E-state index contributed by atoms with van der Waals surface area (Å²) in [5.41, 5.74) is 2.57. The van der Waals surface area contributed by atoms with Gasteiger partial charge in [-0.15, -0.1) is 0 Å². The van der Waals surface area contributed by atoms with Gasteiger partial charge in [-0.2, -0.15) is 0 Å². The molecule has 34 heavy (non-hydrogen) atoms. The molecule has 0 radical (unpaired) electrons. The Balaban J connectivity index is 1.15. The number of rotatable bonds is 5. The number of benzene rings is 2. The summed E-state index contributed by atoms with van der Waals surface area (Å²) in [6.07, 6.45) is 7.42. The summed E-state index contributed by atoms with van der Waals surface area (Å²) < 4.78 is 3.36. The molecular weight excluding hydrogens is 444 g/mol. The van der Waals surface area contributed by atoms with Crippen LogP contribution in [-0.2, 0) is 4.79 Å². The van der Waals surface area contributed by atoms with Gasteiger partial charge in [0.25, 0.3) is 5.91 Å². The fraction of sp³-hybridized carbons (Fsp3) is 0.370. The van der Waals surface area contributed by atoms with Gasteiger partial charge in [0.05, 0.1) is 10.4 Å². The van der Waals surface area contributed by atoms with E-state index in [-0.39, 0.29) is 11.8 Å². The van der Waals surface area contributed by atoms with Crippen molar-refractivity contribution in [1.29, 1.82) is 0 Å². The Hall–Kier alpha value is -3.06. The lowest BCUT2D eigenvalue weighted by Crippen LogP contribution is -2.52. The summed E-state index contributed by atoms with van der Waals surface area (Å²) in [6.45, 7) is 2.47. The van der Waals surface area contributed by atoms with E-state index in [0.717, 1.165) is 47.2 Å². The molecule has 2 aliphatic rings. The summed E-state index contributed by atoms with van der Waals surface area (Å²) >= 11 is 1.51.